The lowest BCUT2D eigenvalue weighted by atomic mass is 10.0. The minimum atomic E-state index is 0.339. The van der Waals surface area contributed by atoms with Gasteiger partial charge in [0, 0.05) is 19.2 Å². The van der Waals surface area contributed by atoms with Crippen molar-refractivity contribution in [3.63, 3.8) is 0 Å². The summed E-state index contributed by atoms with van der Waals surface area (Å²) in [5, 5.41) is 12.2. The van der Waals surface area contributed by atoms with Gasteiger partial charge in [-0.1, -0.05) is 6.42 Å². The molecule has 0 spiro atoms. The van der Waals surface area contributed by atoms with Crippen LogP contribution in [-0.2, 0) is 0 Å². The maximum absolute atomic E-state index is 8.63. The highest BCUT2D eigenvalue weighted by molar-refractivity contribution is 4.75. The van der Waals surface area contributed by atoms with Crippen molar-refractivity contribution in [2.75, 3.05) is 33.3 Å². The first-order valence-electron chi connectivity index (χ1n) is 6.36. The Morgan fingerprint density at radius 1 is 1.27 bits per heavy atom. The van der Waals surface area contributed by atoms with Crippen LogP contribution in [0.2, 0.25) is 0 Å². The predicted molar refractivity (Wildman–Crippen MR) is 64.1 cm³/mol. The fourth-order valence-electron chi connectivity index (χ4n) is 2.21. The molecule has 15 heavy (non-hydrogen) atoms. The zero-order valence-corrected chi connectivity index (χ0v) is 10.0. The maximum Gasteiger partial charge on any atom is 0.0431 e. The van der Waals surface area contributed by atoms with Crippen molar-refractivity contribution < 1.29 is 5.11 Å². The molecule has 1 unspecified atom stereocenters. The van der Waals surface area contributed by atoms with Crippen LogP contribution >= 0.6 is 0 Å². The highest BCUT2D eigenvalue weighted by Crippen LogP contribution is 2.13. The van der Waals surface area contributed by atoms with Crippen LogP contribution in [0.5, 0.6) is 0 Å². The van der Waals surface area contributed by atoms with Crippen LogP contribution in [0.4, 0.5) is 0 Å². The average Bonchev–Trinajstić information content (AvgIpc) is 2.25. The van der Waals surface area contributed by atoms with Gasteiger partial charge in [-0.25, -0.2) is 0 Å². The van der Waals surface area contributed by atoms with E-state index in [0.717, 1.165) is 32.0 Å². The van der Waals surface area contributed by atoms with E-state index in [1.165, 1.54) is 32.2 Å². The van der Waals surface area contributed by atoms with E-state index in [1.807, 2.05) is 0 Å². The molecule has 1 aliphatic heterocycles. The normalized spacial score (nSPS) is 23.2. The van der Waals surface area contributed by atoms with Gasteiger partial charge in [-0.15, -0.1) is 0 Å². The Bertz CT molecular complexity index is 153. The Morgan fingerprint density at radius 2 is 2.13 bits per heavy atom. The van der Waals surface area contributed by atoms with Gasteiger partial charge >= 0.3 is 0 Å². The molecular weight excluding hydrogens is 188 g/mol. The Labute approximate surface area is 93.9 Å². The molecule has 1 saturated heterocycles. The Balaban J connectivity index is 1.94. The molecule has 1 rings (SSSR count). The SMILES string of the molecule is CN1CCCCC1CNCCCCCO. The van der Waals surface area contributed by atoms with E-state index >= 15 is 0 Å². The number of hydrogen-bond donors (Lipinski definition) is 2. The lowest BCUT2D eigenvalue weighted by Crippen LogP contribution is -2.43. The number of likely N-dealkylation sites (tertiary alicyclic amines) is 1. The first-order valence-corrected chi connectivity index (χ1v) is 6.36. The van der Waals surface area contributed by atoms with Crippen molar-refractivity contribution in [3.8, 4) is 0 Å². The number of aliphatic hydroxyl groups excluding tert-OH is 1. The third-order valence-electron chi connectivity index (χ3n) is 3.31. The standard InChI is InChI=1S/C12H26N2O/c1-14-9-5-3-7-12(14)11-13-8-4-2-6-10-15/h12-13,15H,2-11H2,1H3. The van der Waals surface area contributed by atoms with Crippen molar-refractivity contribution in [2.24, 2.45) is 0 Å². The van der Waals surface area contributed by atoms with E-state index in [0.29, 0.717) is 6.61 Å². The van der Waals surface area contributed by atoms with Gasteiger partial charge in [0.15, 0.2) is 0 Å². The number of unbranched alkanes of at least 4 members (excludes halogenated alkanes) is 2. The van der Waals surface area contributed by atoms with E-state index in [9.17, 15) is 0 Å². The minimum Gasteiger partial charge on any atom is -0.396 e. The molecule has 0 radical (unpaired) electrons. The molecule has 0 saturated carbocycles. The molecule has 2 N–H and O–H groups in total. The fraction of sp³-hybridized carbons (Fsp3) is 1.00. The second-order valence-electron chi connectivity index (χ2n) is 4.62. The first-order chi connectivity index (χ1) is 7.34. The predicted octanol–water partition coefficient (Wildman–Crippen LogP) is 1.22. The summed E-state index contributed by atoms with van der Waals surface area (Å²) in [6, 6.07) is 0.747. The Kier molecular flexibility index (Phi) is 6.98. The summed E-state index contributed by atoms with van der Waals surface area (Å²) in [6.45, 7) is 3.84. The van der Waals surface area contributed by atoms with Crippen molar-refractivity contribution in [1.29, 1.82) is 0 Å². The molecule has 1 fully saturated rings. The second kappa shape index (κ2) is 8.08. The Morgan fingerprint density at radius 3 is 2.87 bits per heavy atom. The van der Waals surface area contributed by atoms with Crippen LogP contribution < -0.4 is 5.32 Å². The minimum absolute atomic E-state index is 0.339. The molecule has 0 bridgehead atoms. The average molecular weight is 214 g/mol. The smallest absolute Gasteiger partial charge is 0.0431 e. The molecule has 0 aromatic carbocycles. The molecule has 3 heteroatoms. The van der Waals surface area contributed by atoms with E-state index in [2.05, 4.69) is 17.3 Å². The molecule has 0 amide bonds. The molecule has 1 heterocycles. The van der Waals surface area contributed by atoms with Crippen molar-refractivity contribution in [2.45, 2.75) is 44.6 Å². The van der Waals surface area contributed by atoms with Crippen molar-refractivity contribution in [3.05, 3.63) is 0 Å². The third kappa shape index (κ3) is 5.50. The largest absolute Gasteiger partial charge is 0.396 e. The molecular formula is C12H26N2O. The topological polar surface area (TPSA) is 35.5 Å². The van der Waals surface area contributed by atoms with Gasteiger partial charge in [0.2, 0.25) is 0 Å². The highest BCUT2D eigenvalue weighted by Gasteiger charge is 2.17. The molecule has 3 nitrogen and oxygen atoms in total. The monoisotopic (exact) mass is 214 g/mol. The van der Waals surface area contributed by atoms with Crippen molar-refractivity contribution in [1.82, 2.24) is 10.2 Å². The van der Waals surface area contributed by atoms with Gasteiger partial charge in [0.25, 0.3) is 0 Å². The summed E-state index contributed by atoms with van der Waals surface area (Å²) in [5.41, 5.74) is 0. The van der Waals surface area contributed by atoms with Crippen LogP contribution in [0, 0.1) is 0 Å². The molecule has 0 aromatic rings. The molecule has 0 aromatic heterocycles. The number of rotatable bonds is 7. The van der Waals surface area contributed by atoms with Gasteiger partial charge in [0.1, 0.15) is 0 Å². The summed E-state index contributed by atoms with van der Waals surface area (Å²) in [6.07, 6.45) is 7.39. The van der Waals surface area contributed by atoms with Crippen LogP contribution in [-0.4, -0.2) is 49.3 Å². The zero-order valence-electron chi connectivity index (χ0n) is 10.0. The van der Waals surface area contributed by atoms with Crippen LogP contribution in [0.1, 0.15) is 38.5 Å². The molecule has 1 aliphatic rings. The summed E-state index contributed by atoms with van der Waals surface area (Å²) >= 11 is 0. The molecule has 1 atom stereocenters. The molecule has 90 valence electrons. The number of nitrogens with one attached hydrogen (secondary N) is 1. The summed E-state index contributed by atoms with van der Waals surface area (Å²) < 4.78 is 0. The fourth-order valence-corrected chi connectivity index (χ4v) is 2.21. The Hall–Kier alpha value is -0.120. The van der Waals surface area contributed by atoms with Crippen LogP contribution in [0.3, 0.4) is 0 Å². The summed E-state index contributed by atoms with van der Waals surface area (Å²) in [4.78, 5) is 2.48. The van der Waals surface area contributed by atoms with Gasteiger partial charge in [0.05, 0.1) is 0 Å². The lowest BCUT2D eigenvalue weighted by Gasteiger charge is -2.32. The summed E-state index contributed by atoms with van der Waals surface area (Å²) in [7, 11) is 2.23. The zero-order chi connectivity index (χ0) is 10.9. The van der Waals surface area contributed by atoms with Crippen molar-refractivity contribution >= 4 is 0 Å². The van der Waals surface area contributed by atoms with Gasteiger partial charge in [-0.3, -0.25) is 0 Å². The third-order valence-corrected chi connectivity index (χ3v) is 3.31. The van der Waals surface area contributed by atoms with E-state index in [-0.39, 0.29) is 0 Å². The molecule has 0 aliphatic carbocycles. The first kappa shape index (κ1) is 12.9. The number of piperidine rings is 1. The van der Waals surface area contributed by atoms with E-state index in [4.69, 9.17) is 5.11 Å². The number of aliphatic hydroxyl groups is 1. The highest BCUT2D eigenvalue weighted by atomic mass is 16.2. The van der Waals surface area contributed by atoms with E-state index < -0.39 is 0 Å². The van der Waals surface area contributed by atoms with E-state index in [1.54, 1.807) is 0 Å². The number of nitrogens with zero attached hydrogens (tertiary/aromatic N) is 1. The number of hydrogen-bond acceptors (Lipinski definition) is 3. The van der Waals surface area contributed by atoms with Crippen LogP contribution in [0.15, 0.2) is 0 Å². The van der Waals surface area contributed by atoms with Gasteiger partial charge in [-0.05, 0) is 52.2 Å². The second-order valence-corrected chi connectivity index (χ2v) is 4.62. The van der Waals surface area contributed by atoms with Crippen LogP contribution in [0.25, 0.3) is 0 Å². The lowest BCUT2D eigenvalue weighted by molar-refractivity contribution is 0.181. The maximum atomic E-state index is 8.63. The van der Waals surface area contributed by atoms with Gasteiger partial charge < -0.3 is 15.3 Å². The van der Waals surface area contributed by atoms with Gasteiger partial charge in [-0.2, -0.15) is 0 Å². The number of likely N-dealkylation sites (N-methyl/N-ethyl adjacent to an activating group) is 1. The quantitative estimate of drug-likeness (QED) is 0.626. The summed E-state index contributed by atoms with van der Waals surface area (Å²) in [5.74, 6) is 0.